The van der Waals surface area contributed by atoms with E-state index in [0.717, 1.165) is 0 Å². The van der Waals surface area contributed by atoms with Crippen molar-refractivity contribution in [1.82, 2.24) is 4.90 Å². The third-order valence-electron chi connectivity index (χ3n) is 3.90. The van der Waals surface area contributed by atoms with Crippen LogP contribution in [-0.2, 0) is 4.79 Å². The van der Waals surface area contributed by atoms with Crippen LogP contribution in [0.1, 0.15) is 17.5 Å². The zero-order valence-corrected chi connectivity index (χ0v) is 12.3. The average molecular weight is 307 g/mol. The number of nitro benzene ring substituents is 1. The van der Waals surface area contributed by atoms with Gasteiger partial charge in [0.15, 0.2) is 0 Å². The summed E-state index contributed by atoms with van der Waals surface area (Å²) < 4.78 is 0. The smallest absolute Gasteiger partial charge is 0.321 e. The number of aryl methyl sites for hydroxylation is 1. The number of urea groups is 1. The molecule has 0 aliphatic carbocycles. The number of amides is 2. The molecule has 1 fully saturated rings. The van der Waals surface area contributed by atoms with Crippen molar-refractivity contribution in [1.29, 1.82) is 0 Å². The second-order valence-corrected chi connectivity index (χ2v) is 5.36. The van der Waals surface area contributed by atoms with Gasteiger partial charge in [-0.1, -0.05) is 6.07 Å². The molecule has 2 amide bonds. The summed E-state index contributed by atoms with van der Waals surface area (Å²) in [6.07, 6.45) is 0.412. The van der Waals surface area contributed by atoms with Gasteiger partial charge in [0.2, 0.25) is 0 Å². The number of carbonyl (C=O) groups is 2. The summed E-state index contributed by atoms with van der Waals surface area (Å²) in [6, 6.07) is 2.54. The molecule has 1 aromatic rings. The molecular formula is C14H17N3O5. The van der Waals surface area contributed by atoms with Crippen molar-refractivity contribution < 1.29 is 19.6 Å². The number of aliphatic carboxylic acids is 1. The number of anilines is 1. The summed E-state index contributed by atoms with van der Waals surface area (Å²) in [5.74, 6) is -1.48. The molecule has 8 nitrogen and oxygen atoms in total. The van der Waals surface area contributed by atoms with Gasteiger partial charge in [-0.05, 0) is 25.8 Å². The summed E-state index contributed by atoms with van der Waals surface area (Å²) in [6.45, 7) is 3.82. The maximum atomic E-state index is 12.2. The van der Waals surface area contributed by atoms with Crippen molar-refractivity contribution in [3.63, 3.8) is 0 Å². The second kappa shape index (κ2) is 6.00. The van der Waals surface area contributed by atoms with E-state index in [0.29, 0.717) is 29.8 Å². The average Bonchev–Trinajstić information content (AvgIpc) is 2.92. The molecule has 0 spiro atoms. The predicted molar refractivity (Wildman–Crippen MR) is 78.9 cm³/mol. The van der Waals surface area contributed by atoms with Crippen molar-refractivity contribution in [3.05, 3.63) is 33.4 Å². The second-order valence-electron chi connectivity index (χ2n) is 5.36. The number of nitrogens with one attached hydrogen (secondary N) is 1. The standard InChI is InChI=1S/C14H17N3O5/c1-8-3-4-11(17(21)22)9(2)12(8)15-14(20)16-6-5-10(7-16)13(18)19/h3-4,10H,5-7H2,1-2H3,(H,15,20)(H,18,19). The lowest BCUT2D eigenvalue weighted by Crippen LogP contribution is -2.34. The van der Waals surface area contributed by atoms with E-state index in [2.05, 4.69) is 5.32 Å². The molecule has 1 aliphatic rings. The molecule has 0 saturated carbocycles. The van der Waals surface area contributed by atoms with Crippen LogP contribution in [0.2, 0.25) is 0 Å². The van der Waals surface area contributed by atoms with Gasteiger partial charge in [-0.3, -0.25) is 14.9 Å². The monoisotopic (exact) mass is 307 g/mol. The molecular weight excluding hydrogens is 290 g/mol. The Bertz CT molecular complexity index is 644. The maximum absolute atomic E-state index is 12.2. The maximum Gasteiger partial charge on any atom is 0.321 e. The molecule has 1 unspecified atom stereocenters. The topological polar surface area (TPSA) is 113 Å². The van der Waals surface area contributed by atoms with E-state index >= 15 is 0 Å². The lowest BCUT2D eigenvalue weighted by molar-refractivity contribution is -0.385. The normalized spacial score (nSPS) is 17.4. The highest BCUT2D eigenvalue weighted by molar-refractivity contribution is 5.92. The van der Waals surface area contributed by atoms with Crippen molar-refractivity contribution >= 4 is 23.4 Å². The minimum absolute atomic E-state index is 0.0641. The van der Waals surface area contributed by atoms with E-state index < -0.39 is 22.8 Å². The number of nitrogens with zero attached hydrogens (tertiary/aromatic N) is 2. The number of likely N-dealkylation sites (tertiary alicyclic amines) is 1. The first-order valence-corrected chi connectivity index (χ1v) is 6.84. The molecule has 2 N–H and O–H groups in total. The van der Waals surface area contributed by atoms with E-state index in [4.69, 9.17) is 5.11 Å². The zero-order valence-electron chi connectivity index (χ0n) is 12.3. The van der Waals surface area contributed by atoms with Crippen LogP contribution < -0.4 is 5.32 Å². The molecule has 1 aromatic carbocycles. The molecule has 1 aliphatic heterocycles. The van der Waals surface area contributed by atoms with Gasteiger partial charge in [-0.25, -0.2) is 4.79 Å². The summed E-state index contributed by atoms with van der Waals surface area (Å²) >= 11 is 0. The van der Waals surface area contributed by atoms with Gasteiger partial charge >= 0.3 is 12.0 Å². The molecule has 1 saturated heterocycles. The molecule has 1 atom stereocenters. The number of hydrogen-bond acceptors (Lipinski definition) is 4. The largest absolute Gasteiger partial charge is 0.481 e. The molecule has 1 heterocycles. The number of rotatable bonds is 3. The Morgan fingerprint density at radius 1 is 1.41 bits per heavy atom. The van der Waals surface area contributed by atoms with Gasteiger partial charge in [0.25, 0.3) is 5.69 Å². The Morgan fingerprint density at radius 2 is 2.09 bits per heavy atom. The van der Waals surface area contributed by atoms with Crippen LogP contribution in [0.25, 0.3) is 0 Å². The van der Waals surface area contributed by atoms with Crippen molar-refractivity contribution in [2.24, 2.45) is 5.92 Å². The number of hydrogen-bond donors (Lipinski definition) is 2. The Labute approximate surface area is 126 Å². The fourth-order valence-corrected chi connectivity index (χ4v) is 2.56. The molecule has 0 radical (unpaired) electrons. The van der Waals surface area contributed by atoms with E-state index in [-0.39, 0.29) is 12.2 Å². The van der Waals surface area contributed by atoms with Gasteiger partial charge < -0.3 is 15.3 Å². The van der Waals surface area contributed by atoms with Gasteiger partial charge in [0, 0.05) is 19.2 Å². The first kappa shape index (κ1) is 15.7. The Balaban J connectivity index is 2.17. The molecule has 0 aromatic heterocycles. The number of carboxylic acid groups (broad SMARTS) is 1. The fourth-order valence-electron chi connectivity index (χ4n) is 2.56. The van der Waals surface area contributed by atoms with Crippen molar-refractivity contribution in [3.8, 4) is 0 Å². The molecule has 8 heteroatoms. The highest BCUT2D eigenvalue weighted by Gasteiger charge is 2.31. The Kier molecular flexibility index (Phi) is 4.30. The molecule has 0 bridgehead atoms. The number of nitro groups is 1. The van der Waals surface area contributed by atoms with Gasteiger partial charge in [0.1, 0.15) is 0 Å². The van der Waals surface area contributed by atoms with Gasteiger partial charge in [-0.15, -0.1) is 0 Å². The van der Waals surface area contributed by atoms with Crippen LogP contribution in [0.3, 0.4) is 0 Å². The van der Waals surface area contributed by atoms with E-state index in [1.165, 1.54) is 11.0 Å². The third kappa shape index (κ3) is 3.00. The van der Waals surface area contributed by atoms with E-state index in [1.807, 2.05) is 0 Å². The summed E-state index contributed by atoms with van der Waals surface area (Å²) in [5, 5.41) is 22.6. The lowest BCUT2D eigenvalue weighted by Gasteiger charge is -2.19. The fraction of sp³-hybridized carbons (Fsp3) is 0.429. The van der Waals surface area contributed by atoms with E-state index in [9.17, 15) is 19.7 Å². The van der Waals surface area contributed by atoms with Crippen LogP contribution in [0, 0.1) is 29.9 Å². The summed E-state index contributed by atoms with van der Waals surface area (Å²) in [5.41, 5.74) is 1.43. The van der Waals surface area contributed by atoms with Crippen molar-refractivity contribution in [2.45, 2.75) is 20.3 Å². The minimum atomic E-state index is -0.919. The van der Waals surface area contributed by atoms with Gasteiger partial charge in [0.05, 0.1) is 22.1 Å². The number of carbonyl (C=O) groups excluding carboxylic acids is 1. The van der Waals surface area contributed by atoms with Crippen LogP contribution in [0.4, 0.5) is 16.2 Å². The van der Waals surface area contributed by atoms with Crippen LogP contribution in [0.5, 0.6) is 0 Å². The number of carboxylic acids is 1. The first-order chi connectivity index (χ1) is 10.3. The predicted octanol–water partition coefficient (Wildman–Crippen LogP) is 2.15. The third-order valence-corrected chi connectivity index (χ3v) is 3.90. The first-order valence-electron chi connectivity index (χ1n) is 6.84. The highest BCUT2D eigenvalue weighted by Crippen LogP contribution is 2.29. The summed E-state index contributed by atoms with van der Waals surface area (Å²) in [4.78, 5) is 35.0. The highest BCUT2D eigenvalue weighted by atomic mass is 16.6. The quantitative estimate of drug-likeness (QED) is 0.656. The van der Waals surface area contributed by atoms with Crippen LogP contribution in [0.15, 0.2) is 12.1 Å². The Hall–Kier alpha value is -2.64. The van der Waals surface area contributed by atoms with Crippen molar-refractivity contribution in [2.75, 3.05) is 18.4 Å². The molecule has 22 heavy (non-hydrogen) atoms. The molecule has 2 rings (SSSR count). The van der Waals surface area contributed by atoms with Crippen LogP contribution in [-0.4, -0.2) is 40.0 Å². The van der Waals surface area contributed by atoms with Gasteiger partial charge in [-0.2, -0.15) is 0 Å². The minimum Gasteiger partial charge on any atom is -0.481 e. The molecule has 118 valence electrons. The number of benzene rings is 1. The van der Waals surface area contributed by atoms with Crippen LogP contribution >= 0.6 is 0 Å². The zero-order chi connectivity index (χ0) is 16.4. The Morgan fingerprint density at radius 3 is 2.64 bits per heavy atom. The summed E-state index contributed by atoms with van der Waals surface area (Å²) in [7, 11) is 0. The lowest BCUT2D eigenvalue weighted by atomic mass is 10.1. The van der Waals surface area contributed by atoms with E-state index in [1.54, 1.807) is 19.9 Å². The SMILES string of the molecule is Cc1ccc([N+](=O)[O-])c(C)c1NC(=O)N1CCC(C(=O)O)C1.